The molecular weight excluding hydrogens is 336 g/mol. The lowest BCUT2D eigenvalue weighted by Gasteiger charge is -2.45. The van der Waals surface area contributed by atoms with Gasteiger partial charge in [0.25, 0.3) is 0 Å². The molecule has 0 spiro atoms. The van der Waals surface area contributed by atoms with Gasteiger partial charge in [0.05, 0.1) is 11.6 Å². The Bertz CT molecular complexity index is 422. The molecule has 5 heteroatoms. The zero-order valence-corrected chi connectivity index (χ0v) is 14.7. The molecule has 20 heavy (non-hydrogen) atoms. The fraction of sp³-hybridized carbons (Fsp3) is 0.733. The highest BCUT2D eigenvalue weighted by molar-refractivity contribution is 9.10. The maximum absolute atomic E-state index is 6.22. The molecule has 3 atom stereocenters. The summed E-state index contributed by atoms with van der Waals surface area (Å²) in [6, 6.07) is 2.36. The van der Waals surface area contributed by atoms with Crippen LogP contribution in [0.1, 0.15) is 44.4 Å². The number of nitrogens with two attached hydrogens (primary N) is 1. The second-order valence-electron chi connectivity index (χ2n) is 5.85. The second-order valence-corrected chi connectivity index (χ2v) is 7.77. The first-order valence-corrected chi connectivity index (χ1v) is 9.10. The molecule has 0 amide bonds. The Labute approximate surface area is 134 Å². The van der Waals surface area contributed by atoms with Crippen molar-refractivity contribution in [1.29, 1.82) is 0 Å². The monoisotopic (exact) mass is 360 g/mol. The van der Waals surface area contributed by atoms with Crippen LogP contribution in [0.2, 0.25) is 0 Å². The van der Waals surface area contributed by atoms with Crippen LogP contribution >= 0.6 is 27.3 Å². The van der Waals surface area contributed by atoms with E-state index in [9.17, 15) is 0 Å². The van der Waals surface area contributed by atoms with Crippen LogP contribution in [-0.4, -0.2) is 18.2 Å². The Hall–Kier alpha value is 0.0600. The fourth-order valence-electron chi connectivity index (χ4n) is 3.44. The SMILES string of the molecule is CCOC1(C(Cc2cc(Br)cs2)NN)CCCC(C)C1. The lowest BCUT2D eigenvalue weighted by molar-refractivity contribution is -0.100. The molecule has 0 radical (unpaired) electrons. The summed E-state index contributed by atoms with van der Waals surface area (Å²) < 4.78 is 7.37. The van der Waals surface area contributed by atoms with Crippen LogP contribution in [0.5, 0.6) is 0 Å². The first-order valence-electron chi connectivity index (χ1n) is 7.42. The molecule has 1 fully saturated rings. The standard InChI is InChI=1S/C15H25BrN2OS/c1-3-19-15(6-4-5-11(2)9-15)14(18-17)8-13-7-12(16)10-20-13/h7,10-11,14,18H,3-6,8-9,17H2,1-2H3. The van der Waals surface area contributed by atoms with Gasteiger partial charge in [-0.1, -0.05) is 19.8 Å². The van der Waals surface area contributed by atoms with Gasteiger partial charge in [-0.25, -0.2) is 0 Å². The van der Waals surface area contributed by atoms with E-state index in [1.54, 1.807) is 11.3 Å². The largest absolute Gasteiger partial charge is 0.374 e. The van der Waals surface area contributed by atoms with Crippen molar-refractivity contribution in [1.82, 2.24) is 5.43 Å². The lowest BCUT2D eigenvalue weighted by atomic mass is 9.73. The lowest BCUT2D eigenvalue weighted by Crippen LogP contribution is -2.57. The molecule has 3 unspecified atom stereocenters. The first kappa shape index (κ1) is 16.4. The van der Waals surface area contributed by atoms with Gasteiger partial charge in [-0.3, -0.25) is 11.3 Å². The minimum Gasteiger partial charge on any atom is -0.374 e. The maximum Gasteiger partial charge on any atom is 0.0854 e. The van der Waals surface area contributed by atoms with Crippen LogP contribution in [0.3, 0.4) is 0 Å². The van der Waals surface area contributed by atoms with E-state index in [0.717, 1.165) is 30.3 Å². The molecule has 1 aliphatic rings. The van der Waals surface area contributed by atoms with E-state index < -0.39 is 0 Å². The van der Waals surface area contributed by atoms with Gasteiger partial charge in [0.2, 0.25) is 0 Å². The topological polar surface area (TPSA) is 47.3 Å². The summed E-state index contributed by atoms with van der Waals surface area (Å²) in [6.07, 6.45) is 5.67. The Kier molecular flexibility index (Phi) is 6.05. The van der Waals surface area contributed by atoms with Crippen molar-refractivity contribution < 1.29 is 4.74 Å². The van der Waals surface area contributed by atoms with E-state index in [-0.39, 0.29) is 11.6 Å². The number of nitrogens with one attached hydrogen (secondary N) is 1. The molecule has 3 nitrogen and oxygen atoms in total. The summed E-state index contributed by atoms with van der Waals surface area (Å²) in [5, 5.41) is 2.12. The van der Waals surface area contributed by atoms with Gasteiger partial charge in [0.1, 0.15) is 0 Å². The van der Waals surface area contributed by atoms with E-state index in [1.165, 1.54) is 17.7 Å². The van der Waals surface area contributed by atoms with E-state index in [2.05, 4.69) is 46.6 Å². The van der Waals surface area contributed by atoms with Gasteiger partial charge in [-0.05, 0) is 47.7 Å². The molecule has 0 saturated heterocycles. The summed E-state index contributed by atoms with van der Waals surface area (Å²) in [7, 11) is 0. The number of hydrazine groups is 1. The molecule has 114 valence electrons. The van der Waals surface area contributed by atoms with Crippen molar-refractivity contribution in [2.75, 3.05) is 6.61 Å². The van der Waals surface area contributed by atoms with Crippen LogP contribution in [0, 0.1) is 5.92 Å². The van der Waals surface area contributed by atoms with Crippen LogP contribution in [0.25, 0.3) is 0 Å². The van der Waals surface area contributed by atoms with Gasteiger partial charge >= 0.3 is 0 Å². The predicted molar refractivity (Wildman–Crippen MR) is 88.8 cm³/mol. The maximum atomic E-state index is 6.22. The third kappa shape index (κ3) is 3.83. The number of thiophene rings is 1. The Morgan fingerprint density at radius 1 is 1.65 bits per heavy atom. The third-order valence-corrected chi connectivity index (χ3v) is 6.01. The van der Waals surface area contributed by atoms with E-state index in [0.29, 0.717) is 5.92 Å². The molecule has 1 aromatic rings. The van der Waals surface area contributed by atoms with E-state index >= 15 is 0 Å². The minimum atomic E-state index is -0.113. The Morgan fingerprint density at radius 2 is 2.45 bits per heavy atom. The summed E-state index contributed by atoms with van der Waals surface area (Å²) in [5.74, 6) is 6.59. The predicted octanol–water partition coefficient (Wildman–Crippen LogP) is 3.87. The normalized spacial score (nSPS) is 28.5. The van der Waals surface area contributed by atoms with Crippen LogP contribution in [0.4, 0.5) is 0 Å². The second kappa shape index (κ2) is 7.36. The zero-order chi connectivity index (χ0) is 14.6. The summed E-state index contributed by atoms with van der Waals surface area (Å²) >= 11 is 5.30. The van der Waals surface area contributed by atoms with Crippen LogP contribution < -0.4 is 11.3 Å². The van der Waals surface area contributed by atoms with Crippen molar-refractivity contribution >= 4 is 27.3 Å². The smallest absolute Gasteiger partial charge is 0.0854 e. The highest BCUT2D eigenvalue weighted by Crippen LogP contribution is 2.39. The Morgan fingerprint density at radius 3 is 3.00 bits per heavy atom. The molecule has 1 aliphatic carbocycles. The molecule has 3 N–H and O–H groups in total. The average Bonchev–Trinajstić information content (AvgIpc) is 2.82. The average molecular weight is 361 g/mol. The summed E-state index contributed by atoms with van der Waals surface area (Å²) in [5.41, 5.74) is 2.93. The van der Waals surface area contributed by atoms with E-state index in [4.69, 9.17) is 10.6 Å². The molecule has 0 bridgehead atoms. The molecular formula is C15H25BrN2OS. The van der Waals surface area contributed by atoms with E-state index in [1.807, 2.05) is 0 Å². The van der Waals surface area contributed by atoms with Crippen LogP contribution in [-0.2, 0) is 11.2 Å². The number of hydrogen-bond acceptors (Lipinski definition) is 4. The van der Waals surface area contributed by atoms with Crippen molar-refractivity contribution in [3.63, 3.8) is 0 Å². The van der Waals surface area contributed by atoms with Gasteiger partial charge < -0.3 is 4.74 Å². The Balaban J connectivity index is 2.15. The molecule has 1 aromatic heterocycles. The molecule has 1 heterocycles. The van der Waals surface area contributed by atoms with Crippen molar-refractivity contribution in [2.24, 2.45) is 11.8 Å². The van der Waals surface area contributed by atoms with Gasteiger partial charge in [0, 0.05) is 27.8 Å². The van der Waals surface area contributed by atoms with Crippen molar-refractivity contribution in [3.8, 4) is 0 Å². The number of hydrogen-bond donors (Lipinski definition) is 2. The van der Waals surface area contributed by atoms with Gasteiger partial charge in [-0.15, -0.1) is 11.3 Å². The van der Waals surface area contributed by atoms with Crippen molar-refractivity contribution in [3.05, 3.63) is 20.8 Å². The molecule has 2 rings (SSSR count). The highest BCUT2D eigenvalue weighted by Gasteiger charge is 2.42. The minimum absolute atomic E-state index is 0.113. The number of halogens is 1. The summed E-state index contributed by atoms with van der Waals surface area (Å²) in [4.78, 5) is 1.34. The third-order valence-electron chi connectivity index (χ3n) is 4.29. The number of rotatable bonds is 6. The quantitative estimate of drug-likeness (QED) is 0.597. The van der Waals surface area contributed by atoms with Gasteiger partial charge in [-0.2, -0.15) is 0 Å². The molecule has 1 saturated carbocycles. The molecule has 0 aliphatic heterocycles. The van der Waals surface area contributed by atoms with Crippen LogP contribution in [0.15, 0.2) is 15.9 Å². The fourth-order valence-corrected chi connectivity index (χ4v) is 4.94. The zero-order valence-electron chi connectivity index (χ0n) is 12.3. The summed E-state index contributed by atoms with van der Waals surface area (Å²) in [6.45, 7) is 5.15. The first-order chi connectivity index (χ1) is 9.59. The van der Waals surface area contributed by atoms with Gasteiger partial charge in [0.15, 0.2) is 0 Å². The van der Waals surface area contributed by atoms with Crippen molar-refractivity contribution in [2.45, 2.75) is 57.6 Å². The highest BCUT2D eigenvalue weighted by atomic mass is 79.9. The molecule has 0 aromatic carbocycles. The number of ether oxygens (including phenoxy) is 1.